The zero-order valence-electron chi connectivity index (χ0n) is 18.8. The van der Waals surface area contributed by atoms with Crippen molar-refractivity contribution in [1.29, 1.82) is 0 Å². The lowest BCUT2D eigenvalue weighted by molar-refractivity contribution is 0.0483. The molecule has 1 aliphatic carbocycles. The van der Waals surface area contributed by atoms with Crippen molar-refractivity contribution in [2.75, 3.05) is 6.54 Å². The van der Waals surface area contributed by atoms with Crippen molar-refractivity contribution < 1.29 is 4.79 Å². The highest BCUT2D eigenvalue weighted by atomic mass is 16.2. The molecule has 166 valence electrons. The molecule has 33 heavy (non-hydrogen) atoms. The number of pyridine rings is 1. The topological polar surface area (TPSA) is 63.4 Å². The third kappa shape index (κ3) is 3.50. The number of aromatic nitrogens is 4. The summed E-state index contributed by atoms with van der Waals surface area (Å²) >= 11 is 0. The van der Waals surface area contributed by atoms with Gasteiger partial charge in [0.2, 0.25) is 0 Å². The van der Waals surface area contributed by atoms with Gasteiger partial charge in [-0.15, -0.1) is 0 Å². The molecular weight excluding hydrogens is 410 g/mol. The van der Waals surface area contributed by atoms with Crippen LogP contribution in [0, 0.1) is 11.8 Å². The Hall–Kier alpha value is -3.54. The van der Waals surface area contributed by atoms with Crippen LogP contribution in [0.1, 0.15) is 43.0 Å². The Morgan fingerprint density at radius 3 is 2.79 bits per heavy atom. The van der Waals surface area contributed by atoms with E-state index in [-0.39, 0.29) is 5.91 Å². The van der Waals surface area contributed by atoms with Crippen molar-refractivity contribution in [1.82, 2.24) is 24.5 Å². The maximum atomic E-state index is 13.6. The summed E-state index contributed by atoms with van der Waals surface area (Å²) in [6.07, 6.45) is 10.2. The number of hydrogen-bond acceptors (Lipinski definition) is 4. The van der Waals surface area contributed by atoms with Crippen LogP contribution in [-0.2, 0) is 0 Å². The highest BCUT2D eigenvalue weighted by Gasteiger charge is 2.41. The van der Waals surface area contributed by atoms with Gasteiger partial charge in [-0.05, 0) is 55.7 Å². The van der Waals surface area contributed by atoms with Crippen LogP contribution in [0.15, 0.2) is 67.1 Å². The zero-order chi connectivity index (χ0) is 22.4. The standard InChI is InChI=1S/C27H27N5O/c1-18-9-10-20-8-5-14-31(25(18)20)27(33)21-11-13-28-24(16-21)22-17-29-32-15-12-23(30-26(22)32)19-6-3-2-4-7-19/h2-4,6-7,11-13,15-18,20,25H,5,8-10,14H2,1H3/t18-,20+,25-/m0/s1. The van der Waals surface area contributed by atoms with Crippen LogP contribution in [0.2, 0.25) is 0 Å². The summed E-state index contributed by atoms with van der Waals surface area (Å²) in [6.45, 7) is 3.14. The molecule has 0 radical (unpaired) electrons. The normalized spacial score (nSPS) is 22.5. The van der Waals surface area contributed by atoms with Crippen LogP contribution in [0.5, 0.6) is 0 Å². The van der Waals surface area contributed by atoms with Gasteiger partial charge in [0.1, 0.15) is 0 Å². The average molecular weight is 438 g/mol. The first-order valence-electron chi connectivity index (χ1n) is 11.9. The summed E-state index contributed by atoms with van der Waals surface area (Å²) < 4.78 is 1.76. The Morgan fingerprint density at radius 1 is 1.03 bits per heavy atom. The predicted molar refractivity (Wildman–Crippen MR) is 128 cm³/mol. The van der Waals surface area contributed by atoms with Gasteiger partial charge in [0.15, 0.2) is 5.65 Å². The summed E-state index contributed by atoms with van der Waals surface area (Å²) in [6, 6.07) is 16.2. The quantitative estimate of drug-likeness (QED) is 0.447. The molecule has 6 heteroatoms. The molecule has 3 aromatic heterocycles. The number of fused-ring (bicyclic) bond motifs is 2. The summed E-state index contributed by atoms with van der Waals surface area (Å²) in [5.74, 6) is 1.34. The van der Waals surface area contributed by atoms with Crippen molar-refractivity contribution in [2.45, 2.75) is 38.6 Å². The Bertz CT molecular complexity index is 1310. The SMILES string of the molecule is C[C@H]1CC[C@H]2CCCN(C(=O)c3ccnc(-c4cnn5ccc(-c6ccccc6)nc45)c3)[C@H]21. The van der Waals surface area contributed by atoms with Gasteiger partial charge in [0.05, 0.1) is 23.1 Å². The summed E-state index contributed by atoms with van der Waals surface area (Å²) in [7, 11) is 0. The number of hydrogen-bond donors (Lipinski definition) is 0. The van der Waals surface area contributed by atoms with Crippen LogP contribution in [0.3, 0.4) is 0 Å². The second-order valence-electron chi connectivity index (χ2n) is 9.38. The van der Waals surface area contributed by atoms with E-state index in [0.717, 1.165) is 41.1 Å². The van der Waals surface area contributed by atoms with Crippen LogP contribution >= 0.6 is 0 Å². The minimum atomic E-state index is 0.122. The van der Waals surface area contributed by atoms with Gasteiger partial charge in [0.25, 0.3) is 5.91 Å². The number of carbonyl (C=O) groups excluding carboxylic acids is 1. The van der Waals surface area contributed by atoms with E-state index >= 15 is 0 Å². The molecule has 1 saturated heterocycles. The first-order chi connectivity index (χ1) is 16.2. The number of nitrogens with zero attached hydrogens (tertiary/aromatic N) is 5. The summed E-state index contributed by atoms with van der Waals surface area (Å²) in [5.41, 5.74) is 4.91. The lowest BCUT2D eigenvalue weighted by atomic mass is 9.88. The van der Waals surface area contributed by atoms with E-state index in [1.54, 1.807) is 16.9 Å². The van der Waals surface area contributed by atoms with Crippen molar-refractivity contribution in [3.8, 4) is 22.5 Å². The third-order valence-corrected chi connectivity index (χ3v) is 7.37. The molecule has 1 saturated carbocycles. The zero-order valence-corrected chi connectivity index (χ0v) is 18.8. The van der Waals surface area contributed by atoms with E-state index in [9.17, 15) is 4.79 Å². The maximum absolute atomic E-state index is 13.6. The smallest absolute Gasteiger partial charge is 0.254 e. The lowest BCUT2D eigenvalue weighted by Gasteiger charge is -2.40. The first kappa shape index (κ1) is 20.1. The van der Waals surface area contributed by atoms with E-state index in [0.29, 0.717) is 23.4 Å². The first-order valence-corrected chi connectivity index (χ1v) is 11.9. The van der Waals surface area contributed by atoms with E-state index in [4.69, 9.17) is 4.98 Å². The summed E-state index contributed by atoms with van der Waals surface area (Å²) in [4.78, 5) is 25.1. The number of amides is 1. The molecule has 4 aromatic rings. The fraction of sp³-hybridized carbons (Fsp3) is 0.333. The highest BCUT2D eigenvalue weighted by Crippen LogP contribution is 2.41. The minimum Gasteiger partial charge on any atom is -0.335 e. The van der Waals surface area contributed by atoms with Crippen molar-refractivity contribution in [2.24, 2.45) is 11.8 Å². The molecular formula is C27H27N5O. The number of benzene rings is 1. The maximum Gasteiger partial charge on any atom is 0.254 e. The molecule has 0 spiro atoms. The van der Waals surface area contributed by atoms with Gasteiger partial charge in [-0.25, -0.2) is 9.50 Å². The Morgan fingerprint density at radius 2 is 1.91 bits per heavy atom. The number of piperidine rings is 1. The third-order valence-electron chi connectivity index (χ3n) is 7.37. The summed E-state index contributed by atoms with van der Waals surface area (Å²) in [5, 5.41) is 4.47. The minimum absolute atomic E-state index is 0.122. The number of rotatable bonds is 3. The fourth-order valence-corrected chi connectivity index (χ4v) is 5.77. The second kappa shape index (κ2) is 8.10. The monoisotopic (exact) mass is 437 g/mol. The molecule has 0 N–H and O–H groups in total. The number of likely N-dealkylation sites (tertiary alicyclic amines) is 1. The van der Waals surface area contributed by atoms with Crippen LogP contribution < -0.4 is 0 Å². The van der Waals surface area contributed by atoms with Crippen LogP contribution in [0.25, 0.3) is 28.2 Å². The van der Waals surface area contributed by atoms with Gasteiger partial charge in [0, 0.05) is 36.1 Å². The molecule has 3 atom stereocenters. The predicted octanol–water partition coefficient (Wildman–Crippen LogP) is 5.11. The molecule has 1 amide bonds. The molecule has 6 rings (SSSR count). The molecule has 0 unspecified atom stereocenters. The van der Waals surface area contributed by atoms with Gasteiger partial charge in [-0.3, -0.25) is 9.78 Å². The van der Waals surface area contributed by atoms with Crippen LogP contribution in [-0.4, -0.2) is 43.0 Å². The van der Waals surface area contributed by atoms with Gasteiger partial charge in [-0.2, -0.15) is 5.10 Å². The largest absolute Gasteiger partial charge is 0.335 e. The van der Waals surface area contributed by atoms with E-state index in [1.807, 2.05) is 54.7 Å². The Balaban J connectivity index is 1.36. The molecule has 1 aromatic carbocycles. The van der Waals surface area contributed by atoms with Crippen molar-refractivity contribution >= 4 is 11.6 Å². The average Bonchev–Trinajstić information content (AvgIpc) is 3.47. The van der Waals surface area contributed by atoms with Crippen molar-refractivity contribution in [3.05, 3.63) is 72.7 Å². The highest BCUT2D eigenvalue weighted by molar-refractivity contribution is 5.96. The molecule has 0 bridgehead atoms. The molecule has 2 fully saturated rings. The van der Waals surface area contributed by atoms with Crippen molar-refractivity contribution in [3.63, 3.8) is 0 Å². The molecule has 6 nitrogen and oxygen atoms in total. The van der Waals surface area contributed by atoms with Gasteiger partial charge in [-0.1, -0.05) is 37.3 Å². The van der Waals surface area contributed by atoms with E-state index in [1.165, 1.54) is 19.3 Å². The Labute approximate surface area is 193 Å². The molecule has 4 heterocycles. The molecule has 1 aliphatic heterocycles. The van der Waals surface area contributed by atoms with Crippen LogP contribution in [0.4, 0.5) is 0 Å². The van der Waals surface area contributed by atoms with Gasteiger partial charge < -0.3 is 4.90 Å². The number of carbonyl (C=O) groups is 1. The van der Waals surface area contributed by atoms with E-state index < -0.39 is 0 Å². The Kier molecular flexibility index (Phi) is 4.93. The second-order valence-corrected chi connectivity index (χ2v) is 9.38. The lowest BCUT2D eigenvalue weighted by Crippen LogP contribution is -2.48. The van der Waals surface area contributed by atoms with Gasteiger partial charge >= 0.3 is 0 Å². The van der Waals surface area contributed by atoms with E-state index in [2.05, 4.69) is 21.9 Å². The fourth-order valence-electron chi connectivity index (χ4n) is 5.77. The molecule has 2 aliphatic rings.